The SMILES string of the molecule is CC(C)CNC(=O)N1CCCC(CC(=O)NC2CCNC(C)C2)C1.Cl. The monoisotopic (exact) mass is 374 g/mol. The number of amides is 3. The summed E-state index contributed by atoms with van der Waals surface area (Å²) in [4.78, 5) is 26.4. The van der Waals surface area contributed by atoms with Crippen LogP contribution in [0.4, 0.5) is 4.79 Å². The smallest absolute Gasteiger partial charge is 0.317 e. The Kier molecular flexibility index (Phi) is 9.57. The first kappa shape index (κ1) is 22.0. The van der Waals surface area contributed by atoms with E-state index in [0.717, 1.165) is 38.8 Å². The molecule has 2 aliphatic heterocycles. The minimum absolute atomic E-state index is 0. The highest BCUT2D eigenvalue weighted by Gasteiger charge is 2.26. The van der Waals surface area contributed by atoms with E-state index in [1.807, 2.05) is 4.90 Å². The Morgan fingerprint density at radius 2 is 2.04 bits per heavy atom. The fourth-order valence-corrected chi connectivity index (χ4v) is 3.63. The number of carbonyl (C=O) groups excluding carboxylic acids is 2. The molecule has 0 bridgehead atoms. The van der Waals surface area contributed by atoms with Crippen molar-refractivity contribution >= 4 is 24.3 Å². The van der Waals surface area contributed by atoms with E-state index in [0.29, 0.717) is 37.5 Å². The summed E-state index contributed by atoms with van der Waals surface area (Å²) in [7, 11) is 0. The number of likely N-dealkylation sites (tertiary alicyclic amines) is 1. The predicted molar refractivity (Wildman–Crippen MR) is 103 cm³/mol. The Morgan fingerprint density at radius 3 is 2.72 bits per heavy atom. The standard InChI is InChI=1S/C18H34N4O2.ClH/c1-13(2)11-20-18(24)22-8-4-5-15(12-22)10-17(23)21-16-6-7-19-14(3)9-16;/h13-16,19H,4-12H2,1-3H3,(H,20,24)(H,21,23);1H. The van der Waals surface area contributed by atoms with Crippen LogP contribution in [0.15, 0.2) is 0 Å². The van der Waals surface area contributed by atoms with Crippen molar-refractivity contribution in [2.75, 3.05) is 26.2 Å². The third-order valence-corrected chi connectivity index (χ3v) is 4.93. The van der Waals surface area contributed by atoms with Crippen LogP contribution >= 0.6 is 12.4 Å². The summed E-state index contributed by atoms with van der Waals surface area (Å²) in [6, 6.07) is 0.780. The van der Waals surface area contributed by atoms with Crippen molar-refractivity contribution in [3.63, 3.8) is 0 Å². The number of nitrogens with zero attached hydrogens (tertiary/aromatic N) is 1. The van der Waals surface area contributed by atoms with Gasteiger partial charge in [-0.05, 0) is 51.0 Å². The summed E-state index contributed by atoms with van der Waals surface area (Å²) < 4.78 is 0. The number of hydrogen-bond donors (Lipinski definition) is 3. The van der Waals surface area contributed by atoms with Crippen LogP contribution in [-0.2, 0) is 4.79 Å². The maximum absolute atomic E-state index is 12.3. The molecule has 2 heterocycles. The van der Waals surface area contributed by atoms with Gasteiger partial charge >= 0.3 is 6.03 Å². The van der Waals surface area contributed by atoms with Gasteiger partial charge < -0.3 is 20.9 Å². The summed E-state index contributed by atoms with van der Waals surface area (Å²) in [6.45, 7) is 9.51. The zero-order chi connectivity index (χ0) is 17.5. The molecule has 6 nitrogen and oxygen atoms in total. The lowest BCUT2D eigenvalue weighted by molar-refractivity contribution is -0.123. The molecule has 146 valence electrons. The number of carbonyl (C=O) groups is 2. The number of urea groups is 1. The van der Waals surface area contributed by atoms with E-state index in [4.69, 9.17) is 0 Å². The normalized spacial score (nSPS) is 26.7. The van der Waals surface area contributed by atoms with E-state index >= 15 is 0 Å². The molecule has 2 saturated heterocycles. The lowest BCUT2D eigenvalue weighted by Crippen LogP contribution is -2.49. The lowest BCUT2D eigenvalue weighted by atomic mass is 9.94. The first-order valence-electron chi connectivity index (χ1n) is 9.49. The van der Waals surface area contributed by atoms with Gasteiger partial charge in [-0.2, -0.15) is 0 Å². The first-order valence-corrected chi connectivity index (χ1v) is 9.49. The molecule has 0 aromatic rings. The second kappa shape index (κ2) is 10.9. The number of piperidine rings is 2. The highest BCUT2D eigenvalue weighted by Crippen LogP contribution is 2.20. The molecular formula is C18H35ClN4O2. The highest BCUT2D eigenvalue weighted by atomic mass is 35.5. The maximum atomic E-state index is 12.3. The Labute approximate surface area is 158 Å². The number of nitrogens with one attached hydrogen (secondary N) is 3. The first-order chi connectivity index (χ1) is 11.4. The van der Waals surface area contributed by atoms with Crippen molar-refractivity contribution in [1.29, 1.82) is 0 Å². The van der Waals surface area contributed by atoms with E-state index in [-0.39, 0.29) is 30.3 Å². The second-order valence-electron chi connectivity index (χ2n) is 7.88. The van der Waals surface area contributed by atoms with Crippen molar-refractivity contribution in [2.45, 2.75) is 65.0 Å². The molecular weight excluding hydrogens is 340 g/mol. The summed E-state index contributed by atoms with van der Waals surface area (Å²) >= 11 is 0. The lowest BCUT2D eigenvalue weighted by Gasteiger charge is -2.33. The van der Waals surface area contributed by atoms with Crippen LogP contribution in [0.2, 0.25) is 0 Å². The van der Waals surface area contributed by atoms with Crippen LogP contribution in [0.5, 0.6) is 0 Å². The Morgan fingerprint density at radius 1 is 1.28 bits per heavy atom. The van der Waals surface area contributed by atoms with Gasteiger partial charge in [-0.1, -0.05) is 13.8 Å². The van der Waals surface area contributed by atoms with E-state index in [2.05, 4.69) is 36.7 Å². The molecule has 3 unspecified atom stereocenters. The van der Waals surface area contributed by atoms with Crippen molar-refractivity contribution < 1.29 is 9.59 Å². The second-order valence-corrected chi connectivity index (χ2v) is 7.88. The molecule has 0 saturated carbocycles. The van der Waals surface area contributed by atoms with Crippen molar-refractivity contribution in [3.05, 3.63) is 0 Å². The average Bonchev–Trinajstić information content (AvgIpc) is 2.52. The number of halogens is 1. The van der Waals surface area contributed by atoms with Crippen molar-refractivity contribution in [3.8, 4) is 0 Å². The van der Waals surface area contributed by atoms with Crippen LogP contribution in [0, 0.1) is 11.8 Å². The molecule has 3 amide bonds. The molecule has 0 aliphatic carbocycles. The zero-order valence-corrected chi connectivity index (χ0v) is 16.7. The van der Waals surface area contributed by atoms with Gasteiger partial charge in [0.2, 0.25) is 5.91 Å². The minimum Gasteiger partial charge on any atom is -0.353 e. The fourth-order valence-electron chi connectivity index (χ4n) is 3.63. The Balaban J connectivity index is 0.00000312. The Hall–Kier alpha value is -1.01. The Bertz CT molecular complexity index is 433. The number of hydrogen-bond acceptors (Lipinski definition) is 3. The fraction of sp³-hybridized carbons (Fsp3) is 0.889. The minimum atomic E-state index is 0. The van der Waals surface area contributed by atoms with Gasteiger partial charge in [-0.3, -0.25) is 4.79 Å². The zero-order valence-electron chi connectivity index (χ0n) is 15.8. The van der Waals surface area contributed by atoms with Crippen molar-refractivity contribution in [1.82, 2.24) is 20.9 Å². The van der Waals surface area contributed by atoms with E-state index < -0.39 is 0 Å². The van der Waals surface area contributed by atoms with Gasteiger partial charge in [0.1, 0.15) is 0 Å². The van der Waals surface area contributed by atoms with Gasteiger partial charge in [0.05, 0.1) is 0 Å². The van der Waals surface area contributed by atoms with Gasteiger partial charge in [0, 0.05) is 38.1 Å². The molecule has 0 aromatic carbocycles. The molecule has 2 aliphatic rings. The third-order valence-electron chi connectivity index (χ3n) is 4.93. The van der Waals surface area contributed by atoms with Crippen LogP contribution in [-0.4, -0.2) is 55.1 Å². The number of rotatable bonds is 5. The largest absolute Gasteiger partial charge is 0.353 e. The van der Waals surface area contributed by atoms with Crippen LogP contribution in [0.25, 0.3) is 0 Å². The van der Waals surface area contributed by atoms with Crippen LogP contribution in [0.3, 0.4) is 0 Å². The molecule has 0 aromatic heterocycles. The summed E-state index contributed by atoms with van der Waals surface area (Å²) in [5.74, 6) is 0.874. The van der Waals surface area contributed by atoms with Gasteiger partial charge in [0.15, 0.2) is 0 Å². The van der Waals surface area contributed by atoms with Crippen LogP contribution < -0.4 is 16.0 Å². The van der Waals surface area contributed by atoms with Crippen LogP contribution in [0.1, 0.15) is 52.9 Å². The molecule has 7 heteroatoms. The molecule has 3 N–H and O–H groups in total. The topological polar surface area (TPSA) is 73.5 Å². The molecule has 0 spiro atoms. The molecule has 0 radical (unpaired) electrons. The molecule has 2 fully saturated rings. The average molecular weight is 375 g/mol. The summed E-state index contributed by atoms with van der Waals surface area (Å²) in [5, 5.41) is 9.56. The highest BCUT2D eigenvalue weighted by molar-refractivity contribution is 5.85. The van der Waals surface area contributed by atoms with E-state index in [9.17, 15) is 9.59 Å². The van der Waals surface area contributed by atoms with E-state index in [1.165, 1.54) is 0 Å². The summed E-state index contributed by atoms with van der Waals surface area (Å²) in [5.41, 5.74) is 0. The van der Waals surface area contributed by atoms with Gasteiger partial charge in [0.25, 0.3) is 0 Å². The maximum Gasteiger partial charge on any atom is 0.317 e. The summed E-state index contributed by atoms with van der Waals surface area (Å²) in [6.07, 6.45) is 4.55. The van der Waals surface area contributed by atoms with Crippen molar-refractivity contribution in [2.24, 2.45) is 11.8 Å². The van der Waals surface area contributed by atoms with Gasteiger partial charge in [-0.25, -0.2) is 4.79 Å². The quantitative estimate of drug-likeness (QED) is 0.690. The van der Waals surface area contributed by atoms with Gasteiger partial charge in [-0.15, -0.1) is 12.4 Å². The molecule has 2 rings (SSSR count). The third kappa shape index (κ3) is 7.82. The molecule has 3 atom stereocenters. The predicted octanol–water partition coefficient (Wildman–Crippen LogP) is 2.13. The van der Waals surface area contributed by atoms with E-state index in [1.54, 1.807) is 0 Å². The molecule has 25 heavy (non-hydrogen) atoms.